The topological polar surface area (TPSA) is 23.1 Å². The monoisotopic (exact) mass is 282 g/mol. The minimum Gasteiger partial charge on any atom is -0.612 e. The highest BCUT2D eigenvalue weighted by Crippen LogP contribution is 2.54. The van der Waals surface area contributed by atoms with Gasteiger partial charge in [-0.15, -0.1) is 8.78 Å². The van der Waals surface area contributed by atoms with Gasteiger partial charge in [-0.25, -0.2) is 0 Å². The van der Waals surface area contributed by atoms with Gasteiger partial charge in [0.15, 0.2) is 0 Å². The molecule has 0 aromatic rings. The molecular weight excluding hydrogens is 279 g/mol. The number of hydrogen-bond donors (Lipinski definition) is 0. The van der Waals surface area contributed by atoms with E-state index in [9.17, 15) is 44.1 Å². The van der Waals surface area contributed by atoms with Crippen molar-refractivity contribution < 1.29 is 44.1 Å². The van der Waals surface area contributed by atoms with Crippen molar-refractivity contribution in [2.24, 2.45) is 0 Å². The van der Waals surface area contributed by atoms with Crippen LogP contribution in [0.1, 0.15) is 0 Å². The van der Waals surface area contributed by atoms with Gasteiger partial charge in [0, 0.05) is 11.2 Å². The molecule has 0 amide bonds. The van der Waals surface area contributed by atoms with Gasteiger partial charge in [-0.1, -0.05) is 0 Å². The van der Waals surface area contributed by atoms with E-state index in [1.54, 1.807) is 0 Å². The van der Waals surface area contributed by atoms with Gasteiger partial charge in [-0.2, -0.15) is 30.7 Å². The third kappa shape index (κ3) is 2.06. The van der Waals surface area contributed by atoms with Crippen molar-refractivity contribution in [1.82, 2.24) is 0 Å². The standard InChI is InChI=1S/C5H3F9OS/c1-16(15)5(13,14)3(8,9)2(6,7)4(10,11)12/h1H3. The summed E-state index contributed by atoms with van der Waals surface area (Å²) >= 11 is -3.89. The van der Waals surface area contributed by atoms with E-state index in [0.29, 0.717) is 0 Å². The van der Waals surface area contributed by atoms with E-state index in [1.807, 2.05) is 0 Å². The molecule has 1 nitrogen and oxygen atoms in total. The molecule has 0 spiro atoms. The van der Waals surface area contributed by atoms with Crippen molar-refractivity contribution >= 4 is 11.2 Å². The molecule has 98 valence electrons. The van der Waals surface area contributed by atoms with E-state index in [4.69, 9.17) is 0 Å². The number of rotatable bonds is 3. The zero-order valence-electron chi connectivity index (χ0n) is 7.22. The van der Waals surface area contributed by atoms with Crippen molar-refractivity contribution in [2.45, 2.75) is 23.3 Å². The zero-order valence-corrected chi connectivity index (χ0v) is 8.03. The molecule has 0 aliphatic carbocycles. The van der Waals surface area contributed by atoms with Crippen LogP contribution in [0.3, 0.4) is 0 Å². The Labute approximate surface area is 85.8 Å². The summed E-state index contributed by atoms with van der Waals surface area (Å²) in [6, 6.07) is 0. The second kappa shape index (κ2) is 3.86. The van der Waals surface area contributed by atoms with Crippen LogP contribution in [-0.2, 0) is 11.2 Å². The molecule has 0 saturated heterocycles. The van der Waals surface area contributed by atoms with Crippen LogP contribution in [0.25, 0.3) is 0 Å². The smallest absolute Gasteiger partial charge is 0.477 e. The molecule has 0 aromatic heterocycles. The Morgan fingerprint density at radius 1 is 0.750 bits per heavy atom. The number of hydrogen-bond acceptors (Lipinski definition) is 1. The van der Waals surface area contributed by atoms with Crippen LogP contribution in [0.5, 0.6) is 0 Å². The van der Waals surface area contributed by atoms with Gasteiger partial charge in [0.05, 0.1) is 0 Å². The maximum atomic E-state index is 12.3. The maximum Gasteiger partial charge on any atom is 0.477 e. The Morgan fingerprint density at radius 2 is 1.06 bits per heavy atom. The molecule has 0 rings (SSSR count). The minimum absolute atomic E-state index is 0.111. The second-order valence-corrected chi connectivity index (χ2v) is 4.04. The third-order valence-electron chi connectivity index (χ3n) is 1.48. The summed E-state index contributed by atoms with van der Waals surface area (Å²) in [6.45, 7) is 0. The van der Waals surface area contributed by atoms with E-state index >= 15 is 0 Å². The molecule has 16 heavy (non-hydrogen) atoms. The lowest BCUT2D eigenvalue weighted by Gasteiger charge is -2.32. The SMILES string of the molecule is C[S+]([O-])C(F)(F)C(F)(F)C(F)(F)C(F)(F)F. The molecule has 11 heteroatoms. The molecule has 1 atom stereocenters. The summed E-state index contributed by atoms with van der Waals surface area (Å²) in [6.07, 6.45) is -6.99. The first-order valence-electron chi connectivity index (χ1n) is 3.23. The van der Waals surface area contributed by atoms with Crippen molar-refractivity contribution in [2.75, 3.05) is 6.26 Å². The van der Waals surface area contributed by atoms with Crippen LogP contribution in [0.15, 0.2) is 0 Å². The van der Waals surface area contributed by atoms with Gasteiger partial charge in [0.2, 0.25) is 0 Å². The predicted molar refractivity (Wildman–Crippen MR) is 35.0 cm³/mol. The summed E-state index contributed by atoms with van der Waals surface area (Å²) in [5.41, 5.74) is 0. The molecule has 0 aromatic carbocycles. The van der Waals surface area contributed by atoms with Gasteiger partial charge >= 0.3 is 23.3 Å². The summed E-state index contributed by atoms with van der Waals surface area (Å²) in [4.78, 5) is 0. The summed E-state index contributed by atoms with van der Waals surface area (Å²) < 4.78 is 118. The van der Waals surface area contributed by atoms with Crippen LogP contribution >= 0.6 is 0 Å². The molecule has 0 heterocycles. The van der Waals surface area contributed by atoms with Gasteiger partial charge in [0.1, 0.15) is 6.26 Å². The van der Waals surface area contributed by atoms with E-state index < -0.39 is 34.5 Å². The minimum atomic E-state index is -6.98. The predicted octanol–water partition coefficient (Wildman–Crippen LogP) is 2.79. The fourth-order valence-corrected chi connectivity index (χ4v) is 1.03. The molecule has 0 bridgehead atoms. The molecule has 0 radical (unpaired) electrons. The highest BCUT2D eigenvalue weighted by Gasteiger charge is 2.85. The quantitative estimate of drug-likeness (QED) is 0.576. The van der Waals surface area contributed by atoms with Crippen LogP contribution in [0.2, 0.25) is 0 Å². The molecule has 0 fully saturated rings. The van der Waals surface area contributed by atoms with Crippen molar-refractivity contribution in [1.29, 1.82) is 0 Å². The van der Waals surface area contributed by atoms with Crippen LogP contribution in [0.4, 0.5) is 39.5 Å². The normalized spacial score (nSPS) is 17.4. The first kappa shape index (κ1) is 15.7. The lowest BCUT2D eigenvalue weighted by atomic mass is 10.1. The summed E-state index contributed by atoms with van der Waals surface area (Å²) in [5.74, 6) is -13.8. The Bertz CT molecular complexity index is 257. The van der Waals surface area contributed by atoms with E-state index in [1.165, 1.54) is 0 Å². The fraction of sp³-hybridized carbons (Fsp3) is 1.00. The Hall–Kier alpha value is -0.320. The average Bonchev–Trinajstić information content (AvgIpc) is 2.00. The zero-order chi connectivity index (χ0) is 13.6. The lowest BCUT2D eigenvalue weighted by molar-refractivity contribution is -0.382. The molecule has 0 aliphatic heterocycles. The lowest BCUT2D eigenvalue weighted by Crippen LogP contribution is -2.63. The molecule has 0 N–H and O–H groups in total. The highest BCUT2D eigenvalue weighted by atomic mass is 32.2. The molecular formula is C5H3F9OS. The van der Waals surface area contributed by atoms with E-state index in [-0.39, 0.29) is 6.26 Å². The molecule has 0 saturated carbocycles. The van der Waals surface area contributed by atoms with Gasteiger partial charge in [-0.3, -0.25) is 0 Å². The van der Waals surface area contributed by atoms with Crippen molar-refractivity contribution in [3.05, 3.63) is 0 Å². The molecule has 1 unspecified atom stereocenters. The number of halogens is 9. The summed E-state index contributed by atoms with van der Waals surface area (Å²) in [5, 5.41) is -5.99. The highest BCUT2D eigenvalue weighted by molar-refractivity contribution is 7.91. The van der Waals surface area contributed by atoms with Crippen molar-refractivity contribution in [3.63, 3.8) is 0 Å². The first-order valence-corrected chi connectivity index (χ1v) is 4.79. The maximum absolute atomic E-state index is 12.3. The van der Waals surface area contributed by atoms with Crippen LogP contribution in [-0.4, -0.2) is 34.1 Å². The van der Waals surface area contributed by atoms with E-state index in [2.05, 4.69) is 0 Å². The van der Waals surface area contributed by atoms with Gasteiger partial charge in [0.25, 0.3) is 0 Å². The Morgan fingerprint density at radius 3 is 1.25 bits per heavy atom. The van der Waals surface area contributed by atoms with Gasteiger partial charge < -0.3 is 4.55 Å². The average molecular weight is 282 g/mol. The largest absolute Gasteiger partial charge is 0.612 e. The number of alkyl halides is 9. The van der Waals surface area contributed by atoms with Gasteiger partial charge in [-0.05, 0) is 0 Å². The Kier molecular flexibility index (Phi) is 3.78. The van der Waals surface area contributed by atoms with E-state index in [0.717, 1.165) is 0 Å². The second-order valence-electron chi connectivity index (χ2n) is 2.62. The van der Waals surface area contributed by atoms with Crippen LogP contribution in [0, 0.1) is 0 Å². The summed E-state index contributed by atoms with van der Waals surface area (Å²) in [7, 11) is 0. The van der Waals surface area contributed by atoms with Crippen LogP contribution < -0.4 is 0 Å². The van der Waals surface area contributed by atoms with Crippen molar-refractivity contribution in [3.8, 4) is 0 Å². The first-order chi connectivity index (χ1) is 6.69. The fourth-order valence-electron chi connectivity index (χ4n) is 0.541. The Balaban J connectivity index is 5.53. The third-order valence-corrected chi connectivity index (χ3v) is 2.46. The molecule has 0 aliphatic rings.